The molecule has 0 spiro atoms. The van der Waals surface area contributed by atoms with Crippen LogP contribution in [0.3, 0.4) is 0 Å². The fourth-order valence-corrected chi connectivity index (χ4v) is 1.79. The van der Waals surface area contributed by atoms with Crippen LogP contribution in [0.25, 0.3) is 11.3 Å². The SMILES string of the molecule is N#Cc1cccc(-c2cnc3c(c2)C(=O)OC3)n1. The summed E-state index contributed by atoms with van der Waals surface area (Å²) in [6, 6.07) is 8.81. The number of nitrogens with zero attached hydrogens (tertiary/aromatic N) is 3. The lowest BCUT2D eigenvalue weighted by Crippen LogP contribution is -1.96. The Hall–Kier alpha value is -2.74. The van der Waals surface area contributed by atoms with E-state index in [9.17, 15) is 4.79 Å². The van der Waals surface area contributed by atoms with Gasteiger partial charge in [-0.2, -0.15) is 5.26 Å². The average Bonchev–Trinajstić information content (AvgIpc) is 2.80. The molecule has 0 saturated carbocycles. The molecule has 5 nitrogen and oxygen atoms in total. The maximum Gasteiger partial charge on any atom is 0.340 e. The number of esters is 1. The first-order valence-electron chi connectivity index (χ1n) is 5.31. The predicted molar refractivity (Wildman–Crippen MR) is 61.3 cm³/mol. The Kier molecular flexibility index (Phi) is 2.27. The number of hydrogen-bond acceptors (Lipinski definition) is 5. The first-order chi connectivity index (χ1) is 8.78. The van der Waals surface area contributed by atoms with E-state index in [4.69, 9.17) is 10.00 Å². The molecule has 0 aromatic carbocycles. The highest BCUT2D eigenvalue weighted by molar-refractivity contribution is 5.93. The number of rotatable bonds is 1. The second kappa shape index (κ2) is 3.93. The van der Waals surface area contributed by atoms with E-state index < -0.39 is 0 Å². The molecule has 0 atom stereocenters. The highest BCUT2D eigenvalue weighted by Gasteiger charge is 2.23. The minimum absolute atomic E-state index is 0.222. The van der Waals surface area contributed by atoms with Crippen molar-refractivity contribution in [2.45, 2.75) is 6.61 Å². The summed E-state index contributed by atoms with van der Waals surface area (Å²) in [5, 5.41) is 8.80. The molecule has 0 fully saturated rings. The highest BCUT2D eigenvalue weighted by atomic mass is 16.5. The van der Waals surface area contributed by atoms with Gasteiger partial charge in [0.2, 0.25) is 0 Å². The fourth-order valence-electron chi connectivity index (χ4n) is 1.79. The molecule has 5 heteroatoms. The summed E-state index contributed by atoms with van der Waals surface area (Å²) >= 11 is 0. The van der Waals surface area contributed by atoms with Gasteiger partial charge in [0.15, 0.2) is 0 Å². The first kappa shape index (κ1) is 10.4. The Bertz CT molecular complexity index is 689. The highest BCUT2D eigenvalue weighted by Crippen LogP contribution is 2.23. The van der Waals surface area contributed by atoms with E-state index in [1.54, 1.807) is 30.5 Å². The van der Waals surface area contributed by atoms with E-state index >= 15 is 0 Å². The fraction of sp³-hybridized carbons (Fsp3) is 0.0769. The van der Waals surface area contributed by atoms with Gasteiger partial charge in [-0.25, -0.2) is 9.78 Å². The number of carbonyl (C=O) groups is 1. The number of carbonyl (C=O) groups excluding carboxylic acids is 1. The Morgan fingerprint density at radius 1 is 1.39 bits per heavy atom. The van der Waals surface area contributed by atoms with Gasteiger partial charge in [-0.3, -0.25) is 4.98 Å². The molecule has 0 N–H and O–H groups in total. The van der Waals surface area contributed by atoms with Crippen LogP contribution in [0.1, 0.15) is 21.7 Å². The number of aromatic nitrogens is 2. The number of cyclic esters (lactones) is 1. The van der Waals surface area contributed by atoms with Gasteiger partial charge < -0.3 is 4.74 Å². The zero-order valence-corrected chi connectivity index (χ0v) is 9.25. The Morgan fingerprint density at radius 2 is 2.28 bits per heavy atom. The van der Waals surface area contributed by atoms with Gasteiger partial charge in [-0.15, -0.1) is 0 Å². The van der Waals surface area contributed by atoms with E-state index in [1.807, 2.05) is 6.07 Å². The van der Waals surface area contributed by atoms with Crippen LogP contribution in [0, 0.1) is 11.3 Å². The van der Waals surface area contributed by atoms with E-state index in [1.165, 1.54) is 0 Å². The maximum absolute atomic E-state index is 11.4. The summed E-state index contributed by atoms with van der Waals surface area (Å²) in [4.78, 5) is 19.8. The second-order valence-corrected chi connectivity index (χ2v) is 3.81. The van der Waals surface area contributed by atoms with Crippen LogP contribution in [-0.2, 0) is 11.3 Å². The van der Waals surface area contributed by atoms with Gasteiger partial charge in [0.1, 0.15) is 18.4 Å². The molecule has 0 amide bonds. The summed E-state index contributed by atoms with van der Waals surface area (Å²) in [7, 11) is 0. The molecule has 2 aromatic rings. The van der Waals surface area contributed by atoms with Gasteiger partial charge in [-0.1, -0.05) is 6.07 Å². The van der Waals surface area contributed by atoms with Crippen molar-refractivity contribution in [1.82, 2.24) is 9.97 Å². The summed E-state index contributed by atoms with van der Waals surface area (Å²) in [5.74, 6) is -0.365. The van der Waals surface area contributed by atoms with Gasteiger partial charge in [0.05, 0.1) is 17.0 Å². The largest absolute Gasteiger partial charge is 0.456 e. The van der Waals surface area contributed by atoms with Crippen molar-refractivity contribution >= 4 is 5.97 Å². The van der Waals surface area contributed by atoms with Gasteiger partial charge in [0.25, 0.3) is 0 Å². The van der Waals surface area contributed by atoms with Crippen LogP contribution < -0.4 is 0 Å². The Balaban J connectivity index is 2.10. The van der Waals surface area contributed by atoms with E-state index in [0.717, 1.165) is 0 Å². The summed E-state index contributed by atoms with van der Waals surface area (Å²) in [6.07, 6.45) is 1.63. The minimum Gasteiger partial charge on any atom is -0.456 e. The van der Waals surface area contributed by atoms with Gasteiger partial charge in [-0.05, 0) is 18.2 Å². The Morgan fingerprint density at radius 3 is 3.11 bits per heavy atom. The molecular weight excluding hydrogens is 230 g/mol. The molecule has 2 aromatic heterocycles. The molecule has 3 heterocycles. The third-order valence-corrected chi connectivity index (χ3v) is 2.69. The molecule has 18 heavy (non-hydrogen) atoms. The zero-order valence-electron chi connectivity index (χ0n) is 9.25. The number of fused-ring (bicyclic) bond motifs is 1. The van der Waals surface area contributed by atoms with Crippen LogP contribution in [0.5, 0.6) is 0 Å². The summed E-state index contributed by atoms with van der Waals surface area (Å²) in [6.45, 7) is 0.222. The van der Waals surface area contributed by atoms with E-state index in [0.29, 0.717) is 28.2 Å². The monoisotopic (exact) mass is 237 g/mol. The molecule has 0 bridgehead atoms. The van der Waals surface area contributed by atoms with Crippen LogP contribution in [0.4, 0.5) is 0 Å². The van der Waals surface area contributed by atoms with Crippen molar-refractivity contribution in [1.29, 1.82) is 5.26 Å². The standard InChI is InChI=1S/C13H7N3O2/c14-5-9-2-1-3-11(16-9)8-4-10-12(15-6-8)7-18-13(10)17/h1-4,6H,7H2. The first-order valence-corrected chi connectivity index (χ1v) is 5.31. The number of ether oxygens (including phenoxy) is 1. The van der Waals surface area contributed by atoms with Crippen LogP contribution in [0.2, 0.25) is 0 Å². The molecule has 1 aliphatic heterocycles. The molecule has 1 aliphatic rings. The molecule has 0 unspecified atom stereocenters. The third kappa shape index (κ3) is 1.60. The molecule has 0 radical (unpaired) electrons. The third-order valence-electron chi connectivity index (χ3n) is 2.69. The van der Waals surface area contributed by atoms with Gasteiger partial charge >= 0.3 is 5.97 Å². The minimum atomic E-state index is -0.365. The normalized spacial score (nSPS) is 12.7. The van der Waals surface area contributed by atoms with Crippen LogP contribution >= 0.6 is 0 Å². The maximum atomic E-state index is 11.4. The van der Waals surface area contributed by atoms with Crippen molar-refractivity contribution in [3.63, 3.8) is 0 Å². The molecular formula is C13H7N3O2. The smallest absolute Gasteiger partial charge is 0.340 e. The molecule has 86 valence electrons. The lowest BCUT2D eigenvalue weighted by Gasteiger charge is -2.01. The second-order valence-electron chi connectivity index (χ2n) is 3.81. The van der Waals surface area contributed by atoms with Gasteiger partial charge in [0, 0.05) is 11.8 Å². The summed E-state index contributed by atoms with van der Waals surface area (Å²) in [5.41, 5.74) is 2.75. The van der Waals surface area contributed by atoms with Crippen molar-refractivity contribution in [3.8, 4) is 17.3 Å². The van der Waals surface area contributed by atoms with Crippen molar-refractivity contribution in [3.05, 3.63) is 47.4 Å². The Labute approximate surface area is 103 Å². The quantitative estimate of drug-likeness (QED) is 0.705. The molecule has 3 rings (SSSR count). The number of nitriles is 1. The van der Waals surface area contributed by atoms with E-state index in [2.05, 4.69) is 9.97 Å². The lowest BCUT2D eigenvalue weighted by atomic mass is 10.1. The lowest BCUT2D eigenvalue weighted by molar-refractivity contribution is 0.0533. The van der Waals surface area contributed by atoms with Crippen molar-refractivity contribution in [2.75, 3.05) is 0 Å². The average molecular weight is 237 g/mol. The van der Waals surface area contributed by atoms with Crippen LogP contribution in [0.15, 0.2) is 30.5 Å². The topological polar surface area (TPSA) is 75.9 Å². The number of hydrogen-bond donors (Lipinski definition) is 0. The molecule has 0 aliphatic carbocycles. The van der Waals surface area contributed by atoms with Crippen molar-refractivity contribution < 1.29 is 9.53 Å². The van der Waals surface area contributed by atoms with Crippen molar-refractivity contribution in [2.24, 2.45) is 0 Å². The zero-order chi connectivity index (χ0) is 12.5. The van der Waals surface area contributed by atoms with E-state index in [-0.39, 0.29) is 12.6 Å². The number of pyridine rings is 2. The predicted octanol–water partition coefficient (Wildman–Crippen LogP) is 1.69. The summed E-state index contributed by atoms with van der Waals surface area (Å²) < 4.78 is 4.88. The van der Waals surface area contributed by atoms with Crippen LogP contribution in [-0.4, -0.2) is 15.9 Å². The molecule has 0 saturated heterocycles.